The number of carbonyl (C=O) groups is 2. The van der Waals surface area contributed by atoms with Crippen LogP contribution in [0.1, 0.15) is 35.9 Å². The maximum atomic E-state index is 12.6. The summed E-state index contributed by atoms with van der Waals surface area (Å²) < 4.78 is 11.5. The van der Waals surface area contributed by atoms with E-state index in [1.165, 1.54) is 4.68 Å². The lowest BCUT2D eigenvalue weighted by molar-refractivity contribution is -0.124. The van der Waals surface area contributed by atoms with Crippen LogP contribution in [0.2, 0.25) is 0 Å². The molecule has 1 N–H and O–H groups in total. The van der Waals surface area contributed by atoms with Crippen molar-refractivity contribution >= 4 is 22.6 Å². The van der Waals surface area contributed by atoms with Crippen LogP contribution in [0.4, 0.5) is 0 Å². The molecule has 1 amide bonds. The fourth-order valence-corrected chi connectivity index (χ4v) is 2.94. The summed E-state index contributed by atoms with van der Waals surface area (Å²) in [7, 11) is 1.57. The number of fused-ring (bicyclic) bond motifs is 1. The molecule has 2 aromatic carbocycles. The van der Waals surface area contributed by atoms with Crippen molar-refractivity contribution < 1.29 is 19.1 Å². The number of amides is 1. The Balaban J connectivity index is 1.70. The molecule has 0 radical (unpaired) electrons. The van der Waals surface area contributed by atoms with Crippen LogP contribution < -0.4 is 15.6 Å². The standard InChI is InChI=1S/C22H23N3O5/c1-14(2)25-21(27)18-10-5-4-9-17(18)20(24-25)22(28)30-13-19(26)23-12-15-7-6-8-16(11-15)29-3/h4-11,14H,12-13H2,1-3H3,(H,23,26). The molecule has 1 aromatic heterocycles. The Bertz CT molecular complexity index is 1140. The fraction of sp³-hybridized carbons (Fsp3) is 0.273. The van der Waals surface area contributed by atoms with Crippen LogP contribution in [-0.4, -0.2) is 35.4 Å². The minimum absolute atomic E-state index is 0.000467. The predicted molar refractivity (Wildman–Crippen MR) is 112 cm³/mol. The van der Waals surface area contributed by atoms with Gasteiger partial charge < -0.3 is 14.8 Å². The van der Waals surface area contributed by atoms with E-state index in [1.807, 2.05) is 12.1 Å². The van der Waals surface area contributed by atoms with E-state index < -0.39 is 18.5 Å². The van der Waals surface area contributed by atoms with Crippen molar-refractivity contribution in [2.75, 3.05) is 13.7 Å². The van der Waals surface area contributed by atoms with Gasteiger partial charge in [-0.3, -0.25) is 9.59 Å². The number of methoxy groups -OCH3 is 1. The predicted octanol–water partition coefficient (Wildman–Crippen LogP) is 2.46. The maximum absolute atomic E-state index is 12.6. The molecule has 8 nitrogen and oxygen atoms in total. The minimum atomic E-state index is -0.767. The number of hydrogen-bond acceptors (Lipinski definition) is 6. The van der Waals surface area contributed by atoms with Crippen molar-refractivity contribution in [3.05, 3.63) is 70.1 Å². The summed E-state index contributed by atoms with van der Waals surface area (Å²) in [6.45, 7) is 3.40. The number of benzene rings is 2. The first-order chi connectivity index (χ1) is 14.4. The zero-order chi connectivity index (χ0) is 21.7. The zero-order valence-corrected chi connectivity index (χ0v) is 17.0. The number of carbonyl (C=O) groups excluding carboxylic acids is 2. The third kappa shape index (κ3) is 4.65. The highest BCUT2D eigenvalue weighted by molar-refractivity contribution is 6.02. The molecule has 156 valence electrons. The summed E-state index contributed by atoms with van der Waals surface area (Å²) in [5.74, 6) is -0.531. The summed E-state index contributed by atoms with van der Waals surface area (Å²) in [6.07, 6.45) is 0. The van der Waals surface area contributed by atoms with E-state index in [9.17, 15) is 14.4 Å². The molecular weight excluding hydrogens is 386 g/mol. The average molecular weight is 409 g/mol. The first-order valence-electron chi connectivity index (χ1n) is 9.49. The highest BCUT2D eigenvalue weighted by Gasteiger charge is 2.19. The SMILES string of the molecule is COc1cccc(CNC(=O)COC(=O)c2nn(C(C)C)c(=O)c3ccccc23)c1. The molecule has 30 heavy (non-hydrogen) atoms. The molecule has 1 heterocycles. The first kappa shape index (κ1) is 21.0. The number of nitrogens with one attached hydrogen (secondary N) is 1. The molecule has 3 aromatic rings. The van der Waals surface area contributed by atoms with Gasteiger partial charge in [-0.2, -0.15) is 5.10 Å². The molecule has 0 saturated carbocycles. The zero-order valence-electron chi connectivity index (χ0n) is 17.0. The second-order valence-corrected chi connectivity index (χ2v) is 6.94. The quantitative estimate of drug-likeness (QED) is 0.602. The lowest BCUT2D eigenvalue weighted by Crippen LogP contribution is -2.30. The second-order valence-electron chi connectivity index (χ2n) is 6.94. The molecule has 8 heteroatoms. The summed E-state index contributed by atoms with van der Waals surface area (Å²) in [5.41, 5.74) is 0.568. The molecular formula is C22H23N3O5. The Labute approximate surface area is 173 Å². The lowest BCUT2D eigenvalue weighted by Gasteiger charge is -2.13. The molecule has 0 bridgehead atoms. The largest absolute Gasteiger partial charge is 0.497 e. The molecule has 0 spiro atoms. The Morgan fingerprint density at radius 3 is 2.53 bits per heavy atom. The van der Waals surface area contributed by atoms with Gasteiger partial charge in [0.05, 0.1) is 18.5 Å². The Morgan fingerprint density at radius 1 is 1.10 bits per heavy atom. The molecule has 0 atom stereocenters. The van der Waals surface area contributed by atoms with E-state index in [4.69, 9.17) is 9.47 Å². The summed E-state index contributed by atoms with van der Waals surface area (Å²) in [6, 6.07) is 13.7. The number of hydrogen-bond donors (Lipinski definition) is 1. The Hall–Kier alpha value is -3.68. The van der Waals surface area contributed by atoms with Crippen molar-refractivity contribution in [2.24, 2.45) is 0 Å². The van der Waals surface area contributed by atoms with Crippen molar-refractivity contribution in [2.45, 2.75) is 26.4 Å². The highest BCUT2D eigenvalue weighted by Crippen LogP contribution is 2.16. The van der Waals surface area contributed by atoms with Gasteiger partial charge in [-0.25, -0.2) is 9.48 Å². The molecule has 0 aliphatic heterocycles. The van der Waals surface area contributed by atoms with Crippen LogP contribution in [-0.2, 0) is 16.1 Å². The minimum Gasteiger partial charge on any atom is -0.497 e. The molecule has 0 unspecified atom stereocenters. The third-order valence-corrected chi connectivity index (χ3v) is 4.47. The van der Waals surface area contributed by atoms with E-state index in [2.05, 4.69) is 10.4 Å². The van der Waals surface area contributed by atoms with Gasteiger partial charge in [0.25, 0.3) is 11.5 Å². The van der Waals surface area contributed by atoms with E-state index in [0.717, 1.165) is 5.56 Å². The second kappa shape index (κ2) is 9.21. The summed E-state index contributed by atoms with van der Waals surface area (Å²) in [4.78, 5) is 37.3. The topological polar surface area (TPSA) is 99.5 Å². The Kier molecular flexibility index (Phi) is 6.46. The number of ether oxygens (including phenoxy) is 2. The number of esters is 1. The lowest BCUT2D eigenvalue weighted by atomic mass is 10.1. The van der Waals surface area contributed by atoms with E-state index in [1.54, 1.807) is 57.4 Å². The molecule has 0 saturated heterocycles. The van der Waals surface area contributed by atoms with Crippen LogP contribution in [0.15, 0.2) is 53.3 Å². The highest BCUT2D eigenvalue weighted by atomic mass is 16.5. The van der Waals surface area contributed by atoms with Gasteiger partial charge in [-0.15, -0.1) is 0 Å². The van der Waals surface area contributed by atoms with E-state index >= 15 is 0 Å². The van der Waals surface area contributed by atoms with Gasteiger partial charge in [0.2, 0.25) is 0 Å². The van der Waals surface area contributed by atoms with Crippen LogP contribution >= 0.6 is 0 Å². The van der Waals surface area contributed by atoms with Gasteiger partial charge in [-0.05, 0) is 37.6 Å². The normalized spacial score (nSPS) is 10.8. The number of nitrogens with zero attached hydrogens (tertiary/aromatic N) is 2. The van der Waals surface area contributed by atoms with Crippen molar-refractivity contribution in [3.63, 3.8) is 0 Å². The van der Waals surface area contributed by atoms with Crippen LogP contribution in [0.5, 0.6) is 5.75 Å². The van der Waals surface area contributed by atoms with Crippen molar-refractivity contribution in [1.29, 1.82) is 0 Å². The van der Waals surface area contributed by atoms with E-state index in [-0.39, 0.29) is 23.8 Å². The van der Waals surface area contributed by atoms with Crippen molar-refractivity contribution in [3.8, 4) is 5.75 Å². The summed E-state index contributed by atoms with van der Waals surface area (Å²) >= 11 is 0. The van der Waals surface area contributed by atoms with E-state index in [0.29, 0.717) is 16.5 Å². The average Bonchev–Trinajstić information content (AvgIpc) is 2.76. The molecule has 0 aliphatic carbocycles. The maximum Gasteiger partial charge on any atom is 0.359 e. The summed E-state index contributed by atoms with van der Waals surface area (Å²) in [5, 5.41) is 7.62. The monoisotopic (exact) mass is 409 g/mol. The van der Waals surface area contributed by atoms with Crippen LogP contribution in [0.25, 0.3) is 10.8 Å². The first-order valence-corrected chi connectivity index (χ1v) is 9.49. The molecule has 0 fully saturated rings. The van der Waals surface area contributed by atoms with Gasteiger partial charge in [0, 0.05) is 11.9 Å². The van der Waals surface area contributed by atoms with Gasteiger partial charge in [0.15, 0.2) is 12.3 Å². The van der Waals surface area contributed by atoms with Gasteiger partial charge in [0.1, 0.15) is 5.75 Å². The number of aromatic nitrogens is 2. The molecule has 0 aliphatic rings. The van der Waals surface area contributed by atoms with Crippen LogP contribution in [0, 0.1) is 0 Å². The fourth-order valence-electron chi connectivity index (χ4n) is 2.94. The van der Waals surface area contributed by atoms with Crippen molar-refractivity contribution in [1.82, 2.24) is 15.1 Å². The Morgan fingerprint density at radius 2 is 1.83 bits per heavy atom. The van der Waals surface area contributed by atoms with Crippen LogP contribution in [0.3, 0.4) is 0 Å². The van der Waals surface area contributed by atoms with Gasteiger partial charge >= 0.3 is 5.97 Å². The number of rotatable bonds is 7. The third-order valence-electron chi connectivity index (χ3n) is 4.47. The smallest absolute Gasteiger partial charge is 0.359 e. The molecule has 3 rings (SSSR count). The van der Waals surface area contributed by atoms with Gasteiger partial charge in [-0.1, -0.05) is 30.3 Å².